The van der Waals surface area contributed by atoms with E-state index in [0.717, 1.165) is 0 Å². The molecule has 0 amide bonds. The summed E-state index contributed by atoms with van der Waals surface area (Å²) in [7, 11) is -12.2. The Balaban J connectivity index is 0.000000460. The first-order chi connectivity index (χ1) is 17.2. The molecule has 0 heterocycles. The van der Waals surface area contributed by atoms with E-state index in [2.05, 4.69) is 98.8 Å². The van der Waals surface area contributed by atoms with Crippen molar-refractivity contribution in [2.24, 2.45) is 0 Å². The number of hydrogen-bond donors (Lipinski definition) is 0. The van der Waals surface area contributed by atoms with Crippen LogP contribution in [-0.2, 0) is 44.5 Å². The summed E-state index contributed by atoms with van der Waals surface area (Å²) in [5.74, 6) is 0. The van der Waals surface area contributed by atoms with Crippen LogP contribution in [0.5, 0.6) is 0 Å². The zero-order valence-corrected chi connectivity index (χ0v) is 23.7. The van der Waals surface area contributed by atoms with E-state index in [4.69, 9.17) is 25.9 Å². The van der Waals surface area contributed by atoms with Gasteiger partial charge in [0.25, 0.3) is 0 Å². The average molecular weight is 662 g/mol. The number of hydrogen-bond acceptors (Lipinski definition) is 6. The molecule has 0 saturated heterocycles. The minimum Gasteiger partial charge on any atom is -0.741 e. The van der Waals surface area contributed by atoms with Crippen molar-refractivity contribution in [3.63, 3.8) is 0 Å². The zero-order valence-electron chi connectivity index (χ0n) is 19.6. The number of rotatable bonds is 0. The third-order valence-electron chi connectivity index (χ3n) is 3.66. The van der Waals surface area contributed by atoms with Crippen molar-refractivity contribution in [1.82, 2.24) is 0 Å². The van der Waals surface area contributed by atoms with Gasteiger partial charge < -0.3 is 9.11 Å². The summed E-state index contributed by atoms with van der Waals surface area (Å²) in [6, 6.07) is 29.3. The van der Waals surface area contributed by atoms with E-state index >= 15 is 0 Å². The van der Waals surface area contributed by atoms with E-state index in [9.17, 15) is 26.3 Å². The Labute approximate surface area is 230 Å². The van der Waals surface area contributed by atoms with E-state index < -0.39 is 31.3 Å². The molecular weight excluding hydrogens is 642 g/mol. The van der Waals surface area contributed by atoms with Crippen LogP contribution in [0, 0.1) is 0 Å². The van der Waals surface area contributed by atoms with Crippen molar-refractivity contribution in [3.05, 3.63) is 84.9 Å². The summed E-state index contributed by atoms with van der Waals surface area (Å²) < 4.78 is 119. The van der Waals surface area contributed by atoms with Gasteiger partial charge in [-0.3, -0.25) is 0 Å². The van der Waals surface area contributed by atoms with Gasteiger partial charge in [0, 0.05) is 0 Å². The molecule has 0 aliphatic heterocycles. The fourth-order valence-electron chi connectivity index (χ4n) is 2.14. The predicted octanol–water partition coefficient (Wildman–Crippen LogP) is 5.97. The summed E-state index contributed by atoms with van der Waals surface area (Å²) in [5.41, 5.74) is -11.3. The number of benzene rings is 2. The summed E-state index contributed by atoms with van der Waals surface area (Å²) in [5, 5.41) is 5.32. The third-order valence-corrected chi connectivity index (χ3v) is 4.80. The Morgan fingerprint density at radius 1 is 0.658 bits per heavy atom. The molecule has 0 spiro atoms. The maximum Gasteiger partial charge on any atom is 0.485 e. The van der Waals surface area contributed by atoms with Gasteiger partial charge in [-0.25, -0.2) is 16.8 Å². The van der Waals surface area contributed by atoms with Crippen molar-refractivity contribution in [1.29, 1.82) is 0 Å². The molecule has 6 nitrogen and oxygen atoms in total. The molecule has 0 aliphatic rings. The van der Waals surface area contributed by atoms with Crippen molar-refractivity contribution >= 4 is 45.0 Å². The number of alkyl halides is 6. The molecule has 4 aromatic rings. The molecule has 0 atom stereocenters. The Morgan fingerprint density at radius 3 is 1.11 bits per heavy atom. The van der Waals surface area contributed by atoms with Crippen LogP contribution in [-0.4, -0.2) is 40.2 Å². The second-order valence-corrected chi connectivity index (χ2v) is 12.3. The molecule has 0 aromatic heterocycles. The van der Waals surface area contributed by atoms with E-state index in [0.29, 0.717) is 0 Å². The maximum absolute atomic E-state index is 10.7. The average Bonchev–Trinajstić information content (AvgIpc) is 3.41. The van der Waals surface area contributed by atoms with Gasteiger partial charge >= 0.3 is 52.3 Å². The Bertz CT molecular complexity index is 1320. The predicted molar refractivity (Wildman–Crippen MR) is 127 cm³/mol. The Kier molecular flexibility index (Phi) is 14.5. The number of halogens is 6. The molecular formula is C23H20F6O6S2Zr-2. The molecule has 0 bridgehead atoms. The number of fused-ring (bicyclic) bond motifs is 2. The molecule has 0 N–H and O–H groups in total. The molecule has 0 aliphatic carbocycles. The summed E-state index contributed by atoms with van der Waals surface area (Å²) >= 11 is 1.55. The fourth-order valence-corrected chi connectivity index (χ4v) is 2.14. The second-order valence-electron chi connectivity index (χ2n) is 7.11. The maximum atomic E-state index is 10.7. The molecule has 4 rings (SSSR count). The van der Waals surface area contributed by atoms with Gasteiger partial charge in [0.05, 0.1) is 0 Å². The molecule has 38 heavy (non-hydrogen) atoms. The van der Waals surface area contributed by atoms with Crippen LogP contribution in [0.2, 0.25) is 0 Å². The van der Waals surface area contributed by atoms with Gasteiger partial charge in [-0.05, 0) is 0 Å². The quantitative estimate of drug-likeness (QED) is 0.0994. The van der Waals surface area contributed by atoms with Crippen molar-refractivity contribution in [3.8, 4) is 0 Å². The first-order valence-electron chi connectivity index (χ1n) is 9.93. The topological polar surface area (TPSA) is 114 Å². The molecule has 208 valence electrons. The molecule has 0 radical (unpaired) electrons. The monoisotopic (exact) mass is 660 g/mol. The SMILES string of the molecule is C[C](C)=[Zr+2].O=S(=O)([O-])C(F)(F)F.O=S(=O)([O-])C(F)(F)F.c1ccc2[cH-]ccc2c1.c1ccc2[cH-]ccc2c1. The minimum atomic E-state index is -6.09. The van der Waals surface area contributed by atoms with Crippen LogP contribution in [0.1, 0.15) is 13.8 Å². The summed E-state index contributed by atoms with van der Waals surface area (Å²) in [6.07, 6.45) is 0. The normalized spacial score (nSPS) is 11.5. The standard InChI is InChI=1S/2C9H7.C3H6.2CHF3O3S.Zr/c2*1-2-5-9-7-3-6-8(9)4-1;1-3-2;2*2-1(3,4)8(5,6)7;/h2*1-7H;1-2H3;2*(H,5,6,7);/q2*-1;;;;+2/p-2. The van der Waals surface area contributed by atoms with Gasteiger partial charge in [0.15, 0.2) is 20.2 Å². The van der Waals surface area contributed by atoms with Crippen molar-refractivity contribution < 1.29 is 76.5 Å². The smallest absolute Gasteiger partial charge is 0.485 e. The molecule has 4 aromatic carbocycles. The first kappa shape index (κ1) is 35.8. The molecule has 0 saturated carbocycles. The molecule has 0 unspecified atom stereocenters. The fraction of sp³-hybridized carbons (Fsp3) is 0.174. The zero-order chi connectivity index (χ0) is 29.8. The molecule has 15 heteroatoms. The van der Waals surface area contributed by atoms with Gasteiger partial charge in [0.2, 0.25) is 0 Å². The third kappa shape index (κ3) is 14.7. The van der Waals surface area contributed by atoms with Gasteiger partial charge in [-0.2, -0.15) is 61.4 Å². The largest absolute Gasteiger partial charge is 0.741 e. The van der Waals surface area contributed by atoms with Crippen molar-refractivity contribution in [2.45, 2.75) is 24.9 Å². The van der Waals surface area contributed by atoms with Gasteiger partial charge in [-0.15, -0.1) is 59.3 Å². The Morgan fingerprint density at radius 2 is 0.895 bits per heavy atom. The first-order valence-corrected chi connectivity index (χ1v) is 14.0. The van der Waals surface area contributed by atoms with E-state index in [1.54, 1.807) is 24.2 Å². The van der Waals surface area contributed by atoms with Crippen LogP contribution in [0.15, 0.2) is 84.9 Å². The van der Waals surface area contributed by atoms with E-state index in [1.807, 2.05) is 0 Å². The van der Waals surface area contributed by atoms with Crippen LogP contribution in [0.4, 0.5) is 26.3 Å². The minimum absolute atomic E-state index is 1.33. The van der Waals surface area contributed by atoms with Gasteiger partial charge in [0.1, 0.15) is 0 Å². The summed E-state index contributed by atoms with van der Waals surface area (Å²) in [4.78, 5) is 0. The van der Waals surface area contributed by atoms with E-state index in [1.165, 1.54) is 24.8 Å². The van der Waals surface area contributed by atoms with Gasteiger partial charge in [-0.1, -0.05) is 12.1 Å². The van der Waals surface area contributed by atoms with Crippen LogP contribution in [0.3, 0.4) is 0 Å². The Hall–Kier alpha value is -2.19. The van der Waals surface area contributed by atoms with Crippen LogP contribution in [0.25, 0.3) is 21.5 Å². The van der Waals surface area contributed by atoms with Crippen molar-refractivity contribution in [2.75, 3.05) is 0 Å². The second kappa shape index (κ2) is 15.4. The van der Waals surface area contributed by atoms with Crippen LogP contribution < -0.4 is 0 Å². The molecule has 0 fully saturated rings. The summed E-state index contributed by atoms with van der Waals surface area (Å²) in [6.45, 7) is 4.25. The van der Waals surface area contributed by atoms with Crippen LogP contribution >= 0.6 is 0 Å². The van der Waals surface area contributed by atoms with E-state index in [-0.39, 0.29) is 0 Å².